The van der Waals surface area contributed by atoms with Crippen molar-refractivity contribution in [2.75, 3.05) is 13.6 Å². The summed E-state index contributed by atoms with van der Waals surface area (Å²) in [6, 6.07) is 10.1. The van der Waals surface area contributed by atoms with Gasteiger partial charge < -0.3 is 5.32 Å². The lowest BCUT2D eigenvalue weighted by Crippen LogP contribution is -2.10. The van der Waals surface area contributed by atoms with Crippen LogP contribution in [0.2, 0.25) is 0 Å². The molecule has 16 heavy (non-hydrogen) atoms. The maximum absolute atomic E-state index is 4.38. The maximum Gasteiger partial charge on any atom is 0.113 e. The smallest absolute Gasteiger partial charge is 0.113 e. The van der Waals surface area contributed by atoms with Gasteiger partial charge in [0.15, 0.2) is 0 Å². The Hall–Kier alpha value is -1.13. The van der Waals surface area contributed by atoms with Crippen molar-refractivity contribution in [2.24, 2.45) is 0 Å². The summed E-state index contributed by atoms with van der Waals surface area (Å²) in [5.41, 5.74) is 2.29. The number of halogens is 1. The van der Waals surface area contributed by atoms with E-state index in [9.17, 15) is 0 Å². The van der Waals surface area contributed by atoms with Gasteiger partial charge in [-0.1, -0.05) is 18.2 Å². The molecule has 3 nitrogen and oxygen atoms in total. The van der Waals surface area contributed by atoms with Crippen LogP contribution in [0.5, 0.6) is 0 Å². The first-order valence-corrected chi connectivity index (χ1v) is 6.04. The summed E-state index contributed by atoms with van der Waals surface area (Å²) < 4.78 is 2.94. The van der Waals surface area contributed by atoms with Crippen LogP contribution < -0.4 is 5.32 Å². The summed E-state index contributed by atoms with van der Waals surface area (Å²) in [5.74, 6) is 0. The Morgan fingerprint density at radius 2 is 2.06 bits per heavy atom. The highest BCUT2D eigenvalue weighted by atomic mass is 79.9. The number of likely N-dealkylation sites (N-methyl/N-ethyl adjacent to an activating group) is 1. The van der Waals surface area contributed by atoms with Gasteiger partial charge in [0.1, 0.15) is 4.60 Å². The third-order valence-corrected chi connectivity index (χ3v) is 3.27. The molecule has 0 aliphatic heterocycles. The van der Waals surface area contributed by atoms with E-state index in [0.717, 1.165) is 23.3 Å². The molecule has 0 atom stereocenters. The number of nitrogens with one attached hydrogen (secondary N) is 1. The van der Waals surface area contributed by atoms with Crippen molar-refractivity contribution >= 4 is 15.9 Å². The Bertz CT molecular complexity index is 451. The molecule has 0 bridgehead atoms. The second kappa shape index (κ2) is 5.27. The van der Waals surface area contributed by atoms with E-state index < -0.39 is 0 Å². The first kappa shape index (κ1) is 11.4. The Labute approximate surface area is 104 Å². The van der Waals surface area contributed by atoms with Gasteiger partial charge in [0.25, 0.3) is 0 Å². The number of aromatic nitrogens is 2. The molecule has 1 heterocycles. The molecule has 0 unspecified atom stereocenters. The number of nitrogens with zero attached hydrogens (tertiary/aromatic N) is 2. The molecule has 2 aromatic rings. The van der Waals surface area contributed by atoms with Gasteiger partial charge in [-0.15, -0.1) is 0 Å². The number of hydrogen-bond acceptors (Lipinski definition) is 2. The van der Waals surface area contributed by atoms with Gasteiger partial charge in [-0.05, 0) is 48.1 Å². The predicted octanol–water partition coefficient (Wildman–Crippen LogP) is 2.40. The van der Waals surface area contributed by atoms with Gasteiger partial charge in [-0.3, -0.25) is 0 Å². The monoisotopic (exact) mass is 279 g/mol. The third-order valence-electron chi connectivity index (χ3n) is 2.43. The molecule has 84 valence electrons. The van der Waals surface area contributed by atoms with E-state index in [4.69, 9.17) is 0 Å². The van der Waals surface area contributed by atoms with Crippen molar-refractivity contribution in [3.8, 4) is 5.69 Å². The van der Waals surface area contributed by atoms with Crippen LogP contribution in [-0.2, 0) is 6.42 Å². The minimum atomic E-state index is 0.957. The molecule has 0 amide bonds. The van der Waals surface area contributed by atoms with Crippen LogP contribution in [0.3, 0.4) is 0 Å². The van der Waals surface area contributed by atoms with Crippen LogP contribution in [0.25, 0.3) is 5.69 Å². The molecule has 0 fully saturated rings. The number of para-hydroxylation sites is 1. The highest BCUT2D eigenvalue weighted by molar-refractivity contribution is 9.10. The fourth-order valence-corrected chi connectivity index (χ4v) is 2.14. The number of benzene rings is 1. The highest BCUT2D eigenvalue weighted by Crippen LogP contribution is 2.20. The van der Waals surface area contributed by atoms with Gasteiger partial charge in [-0.2, -0.15) is 5.10 Å². The summed E-state index contributed by atoms with van der Waals surface area (Å²) >= 11 is 3.59. The molecule has 1 aromatic carbocycles. The van der Waals surface area contributed by atoms with Crippen LogP contribution in [-0.4, -0.2) is 23.4 Å². The number of hydrogen-bond donors (Lipinski definition) is 1. The average Bonchev–Trinajstić information content (AvgIpc) is 2.69. The standard InChI is InChI=1S/C12H14BrN3/c1-14-8-7-10-9-15-16(12(10)13)11-5-3-2-4-6-11/h2-6,9,14H,7-8H2,1H3. The Morgan fingerprint density at radius 3 is 2.75 bits per heavy atom. The summed E-state index contributed by atoms with van der Waals surface area (Å²) in [6.07, 6.45) is 2.89. The van der Waals surface area contributed by atoms with Crippen LogP contribution in [0, 0.1) is 0 Å². The molecule has 0 spiro atoms. The van der Waals surface area contributed by atoms with Gasteiger partial charge in [-0.25, -0.2) is 4.68 Å². The second-order valence-electron chi connectivity index (χ2n) is 3.56. The van der Waals surface area contributed by atoms with E-state index in [1.807, 2.05) is 48.3 Å². The normalized spacial score (nSPS) is 10.6. The highest BCUT2D eigenvalue weighted by Gasteiger charge is 2.08. The van der Waals surface area contributed by atoms with Crippen LogP contribution in [0.1, 0.15) is 5.56 Å². The van der Waals surface area contributed by atoms with Crippen molar-refractivity contribution in [1.29, 1.82) is 0 Å². The Morgan fingerprint density at radius 1 is 1.31 bits per heavy atom. The van der Waals surface area contributed by atoms with E-state index >= 15 is 0 Å². The molecular formula is C12H14BrN3. The summed E-state index contributed by atoms with van der Waals surface area (Å²) in [6.45, 7) is 0.957. The molecular weight excluding hydrogens is 266 g/mol. The largest absolute Gasteiger partial charge is 0.319 e. The van der Waals surface area contributed by atoms with E-state index in [-0.39, 0.29) is 0 Å². The molecule has 0 saturated heterocycles. The van der Waals surface area contributed by atoms with Crippen molar-refractivity contribution < 1.29 is 0 Å². The van der Waals surface area contributed by atoms with Crippen molar-refractivity contribution in [2.45, 2.75) is 6.42 Å². The van der Waals surface area contributed by atoms with E-state index in [0.29, 0.717) is 0 Å². The lowest BCUT2D eigenvalue weighted by molar-refractivity contribution is 0.787. The van der Waals surface area contributed by atoms with Crippen LogP contribution in [0.15, 0.2) is 41.1 Å². The minimum absolute atomic E-state index is 0.957. The zero-order chi connectivity index (χ0) is 11.4. The van der Waals surface area contributed by atoms with Crippen LogP contribution in [0.4, 0.5) is 0 Å². The molecule has 1 N–H and O–H groups in total. The average molecular weight is 280 g/mol. The predicted molar refractivity (Wildman–Crippen MR) is 68.9 cm³/mol. The van der Waals surface area contributed by atoms with Gasteiger partial charge in [0.05, 0.1) is 11.9 Å². The van der Waals surface area contributed by atoms with Gasteiger partial charge >= 0.3 is 0 Å². The van der Waals surface area contributed by atoms with Gasteiger partial charge in [0.2, 0.25) is 0 Å². The Kier molecular flexibility index (Phi) is 3.74. The first-order chi connectivity index (χ1) is 7.83. The SMILES string of the molecule is CNCCc1cnn(-c2ccccc2)c1Br. The first-order valence-electron chi connectivity index (χ1n) is 5.25. The topological polar surface area (TPSA) is 29.9 Å². The maximum atomic E-state index is 4.38. The van der Waals surface area contributed by atoms with E-state index in [2.05, 4.69) is 26.3 Å². The summed E-state index contributed by atoms with van der Waals surface area (Å²) in [4.78, 5) is 0. The quantitative estimate of drug-likeness (QED) is 0.932. The van der Waals surface area contributed by atoms with Crippen molar-refractivity contribution in [1.82, 2.24) is 15.1 Å². The van der Waals surface area contributed by atoms with Crippen molar-refractivity contribution in [3.63, 3.8) is 0 Å². The molecule has 1 aromatic heterocycles. The number of rotatable bonds is 4. The molecule has 4 heteroatoms. The van der Waals surface area contributed by atoms with E-state index in [1.54, 1.807) is 0 Å². The molecule has 0 radical (unpaired) electrons. The zero-order valence-corrected chi connectivity index (χ0v) is 10.7. The molecule has 2 rings (SSSR count). The molecule has 0 saturated carbocycles. The third kappa shape index (κ3) is 2.33. The zero-order valence-electron chi connectivity index (χ0n) is 9.15. The fourth-order valence-electron chi connectivity index (χ4n) is 1.54. The van der Waals surface area contributed by atoms with Crippen LogP contribution >= 0.6 is 15.9 Å². The molecule has 0 aliphatic rings. The molecule has 0 aliphatic carbocycles. The van der Waals surface area contributed by atoms with E-state index in [1.165, 1.54) is 5.56 Å². The second-order valence-corrected chi connectivity index (χ2v) is 4.31. The Balaban J connectivity index is 2.27. The lowest BCUT2D eigenvalue weighted by Gasteiger charge is -2.03. The van der Waals surface area contributed by atoms with Crippen molar-refractivity contribution in [3.05, 3.63) is 46.7 Å². The summed E-state index contributed by atoms with van der Waals surface area (Å²) in [7, 11) is 1.95. The minimum Gasteiger partial charge on any atom is -0.319 e. The van der Waals surface area contributed by atoms with Gasteiger partial charge in [0, 0.05) is 5.56 Å². The summed E-state index contributed by atoms with van der Waals surface area (Å²) in [5, 5.41) is 7.52. The lowest BCUT2D eigenvalue weighted by atomic mass is 10.2. The fraction of sp³-hybridized carbons (Fsp3) is 0.250.